The van der Waals surface area contributed by atoms with Gasteiger partial charge in [0.2, 0.25) is 11.8 Å². The van der Waals surface area contributed by atoms with Crippen molar-refractivity contribution < 1.29 is 19.5 Å². The van der Waals surface area contributed by atoms with Crippen molar-refractivity contribution in [3.05, 3.63) is 35.9 Å². The zero-order valence-electron chi connectivity index (χ0n) is 13.7. The van der Waals surface area contributed by atoms with Crippen molar-refractivity contribution >= 4 is 17.8 Å². The van der Waals surface area contributed by atoms with E-state index in [0.717, 1.165) is 0 Å². The van der Waals surface area contributed by atoms with Crippen LogP contribution in [0.2, 0.25) is 0 Å². The van der Waals surface area contributed by atoms with Crippen molar-refractivity contribution in [3.8, 4) is 0 Å². The van der Waals surface area contributed by atoms with Crippen molar-refractivity contribution in [2.45, 2.75) is 33.2 Å². The molecule has 0 aliphatic heterocycles. The second-order valence-electron chi connectivity index (χ2n) is 5.99. The summed E-state index contributed by atoms with van der Waals surface area (Å²) in [6, 6.07) is 8.05. The van der Waals surface area contributed by atoms with Crippen LogP contribution >= 0.6 is 0 Å². The Balaban J connectivity index is 2.80. The van der Waals surface area contributed by atoms with Gasteiger partial charge in [0.1, 0.15) is 6.04 Å². The number of carboxylic acid groups (broad SMARTS) is 1. The number of rotatable bonds is 8. The molecule has 6 nitrogen and oxygen atoms in total. The molecule has 0 saturated carbocycles. The molecule has 0 bridgehead atoms. The summed E-state index contributed by atoms with van der Waals surface area (Å²) in [5, 5.41) is 14.2. The van der Waals surface area contributed by atoms with E-state index in [1.807, 2.05) is 19.9 Å². The molecular formula is C17H24N2O4. The van der Waals surface area contributed by atoms with Gasteiger partial charge in [-0.2, -0.15) is 0 Å². The molecule has 1 aromatic rings. The van der Waals surface area contributed by atoms with Crippen LogP contribution in [0, 0.1) is 11.8 Å². The lowest BCUT2D eigenvalue weighted by Gasteiger charge is -2.20. The Morgan fingerprint density at radius 1 is 1.09 bits per heavy atom. The van der Waals surface area contributed by atoms with Crippen molar-refractivity contribution in [1.82, 2.24) is 10.6 Å². The smallest absolute Gasteiger partial charge is 0.308 e. The summed E-state index contributed by atoms with van der Waals surface area (Å²) in [5.41, 5.74) is 0.657. The fraction of sp³-hybridized carbons (Fsp3) is 0.471. The van der Waals surface area contributed by atoms with Crippen LogP contribution in [0.1, 0.15) is 38.8 Å². The van der Waals surface area contributed by atoms with E-state index in [1.165, 1.54) is 6.92 Å². The van der Waals surface area contributed by atoms with Crippen LogP contribution in [-0.4, -0.2) is 29.4 Å². The summed E-state index contributed by atoms with van der Waals surface area (Å²) < 4.78 is 0. The molecule has 2 atom stereocenters. The van der Waals surface area contributed by atoms with E-state index in [2.05, 4.69) is 10.6 Å². The molecule has 0 aliphatic carbocycles. The third-order valence-electron chi connectivity index (χ3n) is 3.30. The fourth-order valence-electron chi connectivity index (χ4n) is 1.98. The van der Waals surface area contributed by atoms with Gasteiger partial charge >= 0.3 is 5.97 Å². The van der Waals surface area contributed by atoms with Crippen molar-refractivity contribution in [1.29, 1.82) is 0 Å². The van der Waals surface area contributed by atoms with Crippen LogP contribution in [0.4, 0.5) is 0 Å². The fourth-order valence-corrected chi connectivity index (χ4v) is 1.98. The molecule has 126 valence electrons. The Kier molecular flexibility index (Phi) is 7.25. The van der Waals surface area contributed by atoms with Crippen molar-refractivity contribution in [2.24, 2.45) is 11.8 Å². The third kappa shape index (κ3) is 6.50. The lowest BCUT2D eigenvalue weighted by atomic mass is 10.0. The lowest BCUT2D eigenvalue weighted by molar-refractivity contribution is -0.141. The molecule has 2 amide bonds. The molecule has 0 aliphatic rings. The van der Waals surface area contributed by atoms with Gasteiger partial charge in [-0.3, -0.25) is 14.4 Å². The minimum atomic E-state index is -0.981. The Labute approximate surface area is 136 Å². The first-order valence-corrected chi connectivity index (χ1v) is 7.66. The molecule has 0 fully saturated rings. The Morgan fingerprint density at radius 3 is 2.22 bits per heavy atom. The number of carbonyl (C=O) groups is 3. The van der Waals surface area contributed by atoms with Gasteiger partial charge in [-0.05, 0) is 11.5 Å². The minimum Gasteiger partial charge on any atom is -0.481 e. The SMILES string of the molecule is CC(C)CC(=O)NC(C(=O)NCC(C)C(=O)O)c1ccccc1. The van der Waals surface area contributed by atoms with Crippen molar-refractivity contribution in [3.63, 3.8) is 0 Å². The number of amides is 2. The molecule has 0 spiro atoms. The van der Waals surface area contributed by atoms with Crippen LogP contribution in [0.25, 0.3) is 0 Å². The Bertz CT molecular complexity index is 543. The molecule has 1 rings (SSSR count). The maximum Gasteiger partial charge on any atom is 0.308 e. The maximum atomic E-state index is 12.4. The molecule has 0 aromatic heterocycles. The largest absolute Gasteiger partial charge is 0.481 e. The predicted molar refractivity (Wildman–Crippen MR) is 86.6 cm³/mol. The third-order valence-corrected chi connectivity index (χ3v) is 3.30. The van der Waals surface area contributed by atoms with E-state index in [1.54, 1.807) is 24.3 Å². The first-order chi connectivity index (χ1) is 10.8. The zero-order valence-corrected chi connectivity index (χ0v) is 13.7. The van der Waals surface area contributed by atoms with Gasteiger partial charge in [-0.25, -0.2) is 0 Å². The second kappa shape index (κ2) is 8.92. The van der Waals surface area contributed by atoms with Gasteiger partial charge in [0.25, 0.3) is 0 Å². The summed E-state index contributed by atoms with van der Waals surface area (Å²) >= 11 is 0. The number of hydrogen-bond acceptors (Lipinski definition) is 3. The van der Waals surface area contributed by atoms with E-state index in [-0.39, 0.29) is 18.4 Å². The second-order valence-corrected chi connectivity index (χ2v) is 5.99. The highest BCUT2D eigenvalue weighted by molar-refractivity contribution is 5.89. The standard InChI is InChI=1S/C17H24N2O4/c1-11(2)9-14(20)19-15(13-7-5-4-6-8-13)16(21)18-10-12(3)17(22)23/h4-8,11-12,15H,9-10H2,1-3H3,(H,18,21)(H,19,20)(H,22,23). The highest BCUT2D eigenvalue weighted by atomic mass is 16.4. The van der Waals surface area contributed by atoms with Crippen LogP contribution in [-0.2, 0) is 14.4 Å². The average Bonchev–Trinajstić information content (AvgIpc) is 2.49. The molecule has 0 radical (unpaired) electrons. The van der Waals surface area contributed by atoms with E-state index >= 15 is 0 Å². The summed E-state index contributed by atoms with van der Waals surface area (Å²) in [4.78, 5) is 35.2. The molecule has 3 N–H and O–H groups in total. The quantitative estimate of drug-likeness (QED) is 0.679. The highest BCUT2D eigenvalue weighted by Gasteiger charge is 2.23. The van der Waals surface area contributed by atoms with Gasteiger partial charge in [-0.15, -0.1) is 0 Å². The van der Waals surface area contributed by atoms with Gasteiger partial charge in [0, 0.05) is 13.0 Å². The molecule has 0 heterocycles. The number of hydrogen-bond donors (Lipinski definition) is 3. The Morgan fingerprint density at radius 2 is 1.70 bits per heavy atom. The number of aliphatic carboxylic acids is 1. The summed E-state index contributed by atoms with van der Waals surface area (Å²) in [7, 11) is 0. The molecule has 2 unspecified atom stereocenters. The van der Waals surface area contributed by atoms with Crippen LogP contribution in [0.3, 0.4) is 0 Å². The number of carboxylic acids is 1. The van der Waals surface area contributed by atoms with Crippen LogP contribution < -0.4 is 10.6 Å². The maximum absolute atomic E-state index is 12.4. The first-order valence-electron chi connectivity index (χ1n) is 7.66. The van der Waals surface area contributed by atoms with Gasteiger partial charge in [-0.1, -0.05) is 51.1 Å². The summed E-state index contributed by atoms with van der Waals surface area (Å²) in [5.74, 6) is -2.12. The first kappa shape index (κ1) is 18.7. The molecule has 0 saturated heterocycles. The number of nitrogens with one attached hydrogen (secondary N) is 2. The normalized spacial score (nSPS) is 13.2. The topological polar surface area (TPSA) is 95.5 Å². The molecule has 6 heteroatoms. The van der Waals surface area contributed by atoms with Gasteiger partial charge < -0.3 is 15.7 Å². The van der Waals surface area contributed by atoms with Gasteiger partial charge in [0.15, 0.2) is 0 Å². The van der Waals surface area contributed by atoms with E-state index < -0.39 is 23.8 Å². The molecule has 1 aromatic carbocycles. The van der Waals surface area contributed by atoms with Crippen molar-refractivity contribution in [2.75, 3.05) is 6.54 Å². The molecular weight excluding hydrogens is 296 g/mol. The molecule has 23 heavy (non-hydrogen) atoms. The van der Waals surface area contributed by atoms with Crippen LogP contribution in [0.15, 0.2) is 30.3 Å². The minimum absolute atomic E-state index is 0.0115. The number of carbonyl (C=O) groups excluding carboxylic acids is 2. The van der Waals surface area contributed by atoms with E-state index in [0.29, 0.717) is 12.0 Å². The summed E-state index contributed by atoms with van der Waals surface area (Å²) in [6.07, 6.45) is 0.322. The zero-order chi connectivity index (χ0) is 17.4. The predicted octanol–water partition coefficient (Wildman–Crippen LogP) is 1.73. The summed E-state index contributed by atoms with van der Waals surface area (Å²) in [6.45, 7) is 5.37. The van der Waals surface area contributed by atoms with E-state index in [4.69, 9.17) is 5.11 Å². The monoisotopic (exact) mass is 320 g/mol. The average molecular weight is 320 g/mol. The Hall–Kier alpha value is -2.37. The van der Waals surface area contributed by atoms with E-state index in [9.17, 15) is 14.4 Å². The lowest BCUT2D eigenvalue weighted by Crippen LogP contribution is -2.42. The van der Waals surface area contributed by atoms with Crippen LogP contribution in [0.5, 0.6) is 0 Å². The number of benzene rings is 1. The van der Waals surface area contributed by atoms with Gasteiger partial charge in [0.05, 0.1) is 5.92 Å². The highest BCUT2D eigenvalue weighted by Crippen LogP contribution is 2.14.